The Morgan fingerprint density at radius 2 is 1.64 bits per heavy atom. The molecule has 0 bridgehead atoms. The lowest BCUT2D eigenvalue weighted by molar-refractivity contribution is -0.143. The molecule has 2 rings (SSSR count). The fraction of sp³-hybridized carbons (Fsp3) is 0.529. The van der Waals surface area contributed by atoms with Crippen molar-refractivity contribution in [1.82, 2.24) is 0 Å². The van der Waals surface area contributed by atoms with E-state index in [1.807, 2.05) is 18.2 Å². The van der Waals surface area contributed by atoms with E-state index in [0.29, 0.717) is 12.8 Å². The zero-order valence-electron chi connectivity index (χ0n) is 12.4. The van der Waals surface area contributed by atoms with E-state index in [1.54, 1.807) is 0 Å². The first-order valence-electron chi connectivity index (χ1n) is 7.50. The van der Waals surface area contributed by atoms with Gasteiger partial charge in [0.05, 0.1) is 24.0 Å². The highest BCUT2D eigenvalue weighted by Gasteiger charge is 2.39. The van der Waals surface area contributed by atoms with Gasteiger partial charge in [0.15, 0.2) is 0 Å². The summed E-state index contributed by atoms with van der Waals surface area (Å²) in [5.41, 5.74) is 0. The van der Waals surface area contributed by atoms with E-state index in [4.69, 9.17) is 9.84 Å². The summed E-state index contributed by atoms with van der Waals surface area (Å²) in [6.07, 6.45) is 7.96. The maximum Gasteiger partial charge on any atom is 0.309 e. The standard InChI is InChI=1S/C17H22O5/c1-3-10-7-11(13(8-10)16(18)19)5-6-12-9-14(17(20)21)15(4-2)22-12/h3-6,10-15H,1-2,7-9H2,(H,18,19)(H,20,21)/b6-5-. The number of hydrogen-bond acceptors (Lipinski definition) is 3. The van der Waals surface area contributed by atoms with Crippen molar-refractivity contribution in [3.8, 4) is 0 Å². The third kappa shape index (κ3) is 3.47. The summed E-state index contributed by atoms with van der Waals surface area (Å²) in [6, 6.07) is 0. The van der Waals surface area contributed by atoms with Crippen molar-refractivity contribution < 1.29 is 24.5 Å². The van der Waals surface area contributed by atoms with E-state index < -0.39 is 29.9 Å². The van der Waals surface area contributed by atoms with E-state index in [9.17, 15) is 14.7 Å². The lowest BCUT2D eigenvalue weighted by Gasteiger charge is -2.12. The number of allylic oxidation sites excluding steroid dienone is 2. The van der Waals surface area contributed by atoms with Gasteiger partial charge in [-0.3, -0.25) is 9.59 Å². The molecule has 5 heteroatoms. The Kier molecular flexibility index (Phi) is 5.19. The van der Waals surface area contributed by atoms with Crippen LogP contribution in [0.1, 0.15) is 19.3 Å². The van der Waals surface area contributed by atoms with Gasteiger partial charge in [-0.1, -0.05) is 24.3 Å². The van der Waals surface area contributed by atoms with Crippen LogP contribution in [0.4, 0.5) is 0 Å². The lowest BCUT2D eigenvalue weighted by Crippen LogP contribution is -2.21. The number of ether oxygens (including phenoxy) is 1. The molecule has 6 unspecified atom stereocenters. The maximum absolute atomic E-state index is 11.3. The molecule has 2 aliphatic rings. The van der Waals surface area contributed by atoms with Gasteiger partial charge in [-0.05, 0) is 31.1 Å². The predicted octanol–water partition coefficient (Wildman–Crippen LogP) is 2.50. The monoisotopic (exact) mass is 306 g/mol. The van der Waals surface area contributed by atoms with Crippen LogP contribution in [0.5, 0.6) is 0 Å². The minimum atomic E-state index is -0.892. The Morgan fingerprint density at radius 1 is 0.955 bits per heavy atom. The second kappa shape index (κ2) is 6.92. The summed E-state index contributed by atoms with van der Waals surface area (Å²) in [5, 5.41) is 18.4. The molecule has 1 saturated heterocycles. The molecule has 22 heavy (non-hydrogen) atoms. The van der Waals surface area contributed by atoms with Gasteiger partial charge in [-0.15, -0.1) is 13.2 Å². The summed E-state index contributed by atoms with van der Waals surface area (Å²) < 4.78 is 5.64. The zero-order chi connectivity index (χ0) is 16.3. The van der Waals surface area contributed by atoms with Gasteiger partial charge in [-0.25, -0.2) is 0 Å². The Balaban J connectivity index is 2.02. The Bertz CT molecular complexity index is 495. The summed E-state index contributed by atoms with van der Waals surface area (Å²) in [7, 11) is 0. The molecule has 0 radical (unpaired) electrons. The van der Waals surface area contributed by atoms with E-state index in [-0.39, 0.29) is 17.9 Å². The fourth-order valence-corrected chi connectivity index (χ4v) is 3.39. The quantitative estimate of drug-likeness (QED) is 0.737. The predicted molar refractivity (Wildman–Crippen MR) is 81.3 cm³/mol. The topological polar surface area (TPSA) is 83.8 Å². The van der Waals surface area contributed by atoms with Gasteiger partial charge in [0.25, 0.3) is 0 Å². The average molecular weight is 306 g/mol. The van der Waals surface area contributed by atoms with Crippen molar-refractivity contribution in [3.63, 3.8) is 0 Å². The van der Waals surface area contributed by atoms with Crippen molar-refractivity contribution >= 4 is 11.9 Å². The number of hydrogen-bond donors (Lipinski definition) is 2. The van der Waals surface area contributed by atoms with E-state index in [2.05, 4.69) is 13.2 Å². The molecule has 0 spiro atoms. The molecule has 1 aliphatic heterocycles. The summed E-state index contributed by atoms with van der Waals surface area (Å²) in [6.45, 7) is 7.34. The number of carbonyl (C=O) groups is 2. The van der Waals surface area contributed by atoms with Gasteiger partial charge in [0.2, 0.25) is 0 Å². The molecule has 1 heterocycles. The van der Waals surface area contributed by atoms with Crippen molar-refractivity contribution in [2.24, 2.45) is 23.7 Å². The molecule has 2 fully saturated rings. The van der Waals surface area contributed by atoms with Crippen LogP contribution < -0.4 is 0 Å². The first-order valence-corrected chi connectivity index (χ1v) is 7.50. The van der Waals surface area contributed by atoms with Crippen LogP contribution in [-0.4, -0.2) is 34.4 Å². The maximum atomic E-state index is 11.3. The highest BCUT2D eigenvalue weighted by atomic mass is 16.5. The average Bonchev–Trinajstić information content (AvgIpc) is 3.08. The van der Waals surface area contributed by atoms with Crippen molar-refractivity contribution in [1.29, 1.82) is 0 Å². The molecular weight excluding hydrogens is 284 g/mol. The van der Waals surface area contributed by atoms with E-state index in [0.717, 1.165) is 6.42 Å². The summed E-state index contributed by atoms with van der Waals surface area (Å²) >= 11 is 0. The summed E-state index contributed by atoms with van der Waals surface area (Å²) in [4.78, 5) is 22.5. The van der Waals surface area contributed by atoms with Crippen LogP contribution >= 0.6 is 0 Å². The Morgan fingerprint density at radius 3 is 2.14 bits per heavy atom. The minimum Gasteiger partial charge on any atom is -0.481 e. The lowest BCUT2D eigenvalue weighted by atomic mass is 9.94. The molecule has 2 N–H and O–H groups in total. The highest BCUT2D eigenvalue weighted by molar-refractivity contribution is 5.72. The van der Waals surface area contributed by atoms with E-state index >= 15 is 0 Å². The number of carboxylic acids is 2. The number of aliphatic carboxylic acids is 2. The number of rotatable bonds is 6. The highest BCUT2D eigenvalue weighted by Crippen LogP contribution is 2.38. The molecule has 1 saturated carbocycles. The molecule has 0 amide bonds. The minimum absolute atomic E-state index is 0.0600. The molecule has 6 atom stereocenters. The SMILES string of the molecule is C=CC1CC(/C=C\C2CC(C(=O)O)C(C=C)O2)C(C(=O)O)C1. The van der Waals surface area contributed by atoms with Crippen molar-refractivity contribution in [2.45, 2.75) is 31.5 Å². The van der Waals surface area contributed by atoms with Crippen LogP contribution in [0.3, 0.4) is 0 Å². The zero-order valence-corrected chi connectivity index (χ0v) is 12.4. The molecule has 0 aromatic heterocycles. The smallest absolute Gasteiger partial charge is 0.309 e. The first-order chi connectivity index (χ1) is 10.5. The molecule has 0 aromatic rings. The van der Waals surface area contributed by atoms with Crippen LogP contribution in [0.25, 0.3) is 0 Å². The second-order valence-electron chi connectivity index (χ2n) is 6.02. The normalized spacial score (nSPS) is 38.2. The summed E-state index contributed by atoms with van der Waals surface area (Å²) in [5.74, 6) is -2.53. The van der Waals surface area contributed by atoms with Gasteiger partial charge < -0.3 is 14.9 Å². The second-order valence-corrected chi connectivity index (χ2v) is 6.02. The molecule has 0 aromatic carbocycles. The molecular formula is C17H22O5. The Hall–Kier alpha value is -1.88. The van der Waals surface area contributed by atoms with Crippen LogP contribution in [0, 0.1) is 23.7 Å². The van der Waals surface area contributed by atoms with Crippen molar-refractivity contribution in [3.05, 3.63) is 37.5 Å². The number of carboxylic acid groups (broad SMARTS) is 2. The molecule has 5 nitrogen and oxygen atoms in total. The van der Waals surface area contributed by atoms with E-state index in [1.165, 1.54) is 6.08 Å². The fourth-order valence-electron chi connectivity index (χ4n) is 3.39. The third-order valence-electron chi connectivity index (χ3n) is 4.64. The van der Waals surface area contributed by atoms with Crippen LogP contribution in [0.2, 0.25) is 0 Å². The van der Waals surface area contributed by atoms with Crippen molar-refractivity contribution in [2.75, 3.05) is 0 Å². The molecule has 1 aliphatic carbocycles. The first kappa shape index (κ1) is 16.5. The van der Waals surface area contributed by atoms with Crippen LogP contribution in [-0.2, 0) is 14.3 Å². The van der Waals surface area contributed by atoms with Gasteiger partial charge in [-0.2, -0.15) is 0 Å². The third-order valence-corrected chi connectivity index (χ3v) is 4.64. The Labute approximate surface area is 130 Å². The van der Waals surface area contributed by atoms with Gasteiger partial charge in [0.1, 0.15) is 0 Å². The van der Waals surface area contributed by atoms with Crippen LogP contribution in [0.15, 0.2) is 37.5 Å². The molecule has 120 valence electrons. The van der Waals surface area contributed by atoms with Gasteiger partial charge in [0, 0.05) is 0 Å². The van der Waals surface area contributed by atoms with Gasteiger partial charge >= 0.3 is 11.9 Å². The largest absolute Gasteiger partial charge is 0.481 e.